The molecule has 5 rings (SSSR count). The molecule has 0 N–H and O–H groups in total. The van der Waals surface area contributed by atoms with Crippen molar-refractivity contribution >= 4 is 0 Å². The fraction of sp³-hybridized carbons (Fsp3) is 0.531. The van der Waals surface area contributed by atoms with Gasteiger partial charge in [0.1, 0.15) is 0 Å². The van der Waals surface area contributed by atoms with Crippen LogP contribution in [0.3, 0.4) is 0 Å². The Balaban J connectivity index is 1.63. The van der Waals surface area contributed by atoms with Crippen LogP contribution >= 0.6 is 0 Å². The molecule has 4 aliphatic rings. The van der Waals surface area contributed by atoms with Gasteiger partial charge in [0.15, 0.2) is 18.9 Å². The first kappa shape index (κ1) is 24.8. The molecule has 0 spiro atoms. The molecule has 0 amide bonds. The second kappa shape index (κ2) is 14.1. The Kier molecular flexibility index (Phi) is 10.3. The van der Waals surface area contributed by atoms with Gasteiger partial charge in [0, 0.05) is 36.6 Å². The maximum absolute atomic E-state index is 2.59. The van der Waals surface area contributed by atoms with E-state index in [1.54, 1.807) is 11.1 Å². The van der Waals surface area contributed by atoms with Crippen molar-refractivity contribution in [3.8, 4) is 0 Å². The predicted octanol–water partition coefficient (Wildman–Crippen LogP) is 7.73. The highest BCUT2D eigenvalue weighted by atomic mass is 15.1. The number of nitrogens with zero attached hydrogens (tertiary/aromatic N) is 2. The second-order valence-electron chi connectivity index (χ2n) is 10.3. The Morgan fingerprint density at radius 3 is 2.24 bits per heavy atom. The van der Waals surface area contributed by atoms with Gasteiger partial charge in [0.05, 0.1) is 0 Å². The van der Waals surface area contributed by atoms with Crippen molar-refractivity contribution in [1.82, 2.24) is 4.90 Å². The molecule has 1 unspecified atom stereocenters. The number of rotatable bonds is 0. The minimum absolute atomic E-state index is 0.586. The van der Waals surface area contributed by atoms with Crippen LogP contribution in [0.1, 0.15) is 94.1 Å². The van der Waals surface area contributed by atoms with Crippen LogP contribution in [-0.4, -0.2) is 18.0 Å². The molecule has 0 aromatic carbocycles. The van der Waals surface area contributed by atoms with Gasteiger partial charge < -0.3 is 4.90 Å². The van der Waals surface area contributed by atoms with Gasteiger partial charge in [-0.1, -0.05) is 61.4 Å². The zero-order chi connectivity index (χ0) is 23.3. The summed E-state index contributed by atoms with van der Waals surface area (Å²) >= 11 is 0. The van der Waals surface area contributed by atoms with E-state index in [9.17, 15) is 0 Å². The Morgan fingerprint density at radius 2 is 1.38 bits per heavy atom. The maximum Gasteiger partial charge on any atom is 0.172 e. The lowest BCUT2D eigenvalue weighted by molar-refractivity contribution is -0.696. The minimum atomic E-state index is 0.586. The Bertz CT molecular complexity index is 902. The van der Waals surface area contributed by atoms with Gasteiger partial charge in [-0.15, -0.1) is 0 Å². The molecule has 0 fully saturated rings. The highest BCUT2D eigenvalue weighted by molar-refractivity contribution is 5.30. The van der Waals surface area contributed by atoms with Crippen molar-refractivity contribution in [3.05, 3.63) is 90.0 Å². The van der Waals surface area contributed by atoms with E-state index in [0.29, 0.717) is 5.92 Å². The van der Waals surface area contributed by atoms with Crippen LogP contribution in [0, 0.1) is 0 Å². The van der Waals surface area contributed by atoms with Crippen LogP contribution in [0.25, 0.3) is 0 Å². The number of hydrogen-bond donors (Lipinski definition) is 0. The molecule has 0 saturated heterocycles. The number of fused-ring (bicyclic) bond motifs is 9. The first-order chi connectivity index (χ1) is 16.9. The molecule has 0 aliphatic carbocycles. The molecule has 1 atom stereocenters. The average Bonchev–Trinajstić information content (AvgIpc) is 2.85. The monoisotopic (exact) mass is 457 g/mol. The van der Waals surface area contributed by atoms with Gasteiger partial charge in [0.2, 0.25) is 0 Å². The molecular weight excluding hydrogens is 412 g/mol. The Hall–Kier alpha value is -2.35. The van der Waals surface area contributed by atoms with Crippen LogP contribution in [-0.2, 0) is 13.0 Å². The van der Waals surface area contributed by atoms with Crippen molar-refractivity contribution in [2.45, 2.75) is 95.9 Å². The zero-order valence-electron chi connectivity index (χ0n) is 21.2. The van der Waals surface area contributed by atoms with Crippen molar-refractivity contribution in [3.63, 3.8) is 0 Å². The van der Waals surface area contributed by atoms with Crippen LogP contribution < -0.4 is 4.57 Å². The van der Waals surface area contributed by atoms with E-state index >= 15 is 0 Å². The fourth-order valence-electron chi connectivity index (χ4n) is 5.55. The maximum atomic E-state index is 2.59. The Morgan fingerprint density at radius 1 is 0.676 bits per heavy atom. The van der Waals surface area contributed by atoms with Gasteiger partial charge >= 0.3 is 0 Å². The molecule has 4 aliphatic heterocycles. The number of allylic oxidation sites excluding steroid dienone is 8. The van der Waals surface area contributed by atoms with E-state index in [4.69, 9.17) is 0 Å². The summed E-state index contributed by atoms with van der Waals surface area (Å²) in [5.41, 5.74) is 4.75. The van der Waals surface area contributed by atoms with E-state index < -0.39 is 0 Å². The summed E-state index contributed by atoms with van der Waals surface area (Å²) in [6.07, 6.45) is 42.0. The molecule has 1 aromatic rings. The van der Waals surface area contributed by atoms with Crippen LogP contribution in [0.2, 0.25) is 0 Å². The van der Waals surface area contributed by atoms with E-state index in [1.807, 2.05) is 0 Å². The number of pyridine rings is 1. The third kappa shape index (κ3) is 8.15. The molecule has 2 heteroatoms. The molecular formula is C32H45N2+. The smallest absolute Gasteiger partial charge is 0.172 e. The molecule has 5 heterocycles. The van der Waals surface area contributed by atoms with Crippen molar-refractivity contribution in [2.24, 2.45) is 0 Å². The number of aryl methyl sites for hydroxylation is 2. The van der Waals surface area contributed by atoms with E-state index in [0.717, 1.165) is 25.9 Å². The normalized spacial score (nSPS) is 26.9. The van der Waals surface area contributed by atoms with Gasteiger partial charge in [0.25, 0.3) is 0 Å². The summed E-state index contributed by atoms with van der Waals surface area (Å²) in [5.74, 6) is 0.586. The fourth-order valence-corrected chi connectivity index (χ4v) is 5.55. The summed E-state index contributed by atoms with van der Waals surface area (Å²) in [4.78, 5) is 2.59. The lowest BCUT2D eigenvalue weighted by atomic mass is 9.83. The molecule has 34 heavy (non-hydrogen) atoms. The predicted molar refractivity (Wildman–Crippen MR) is 145 cm³/mol. The van der Waals surface area contributed by atoms with Gasteiger partial charge in [-0.3, -0.25) is 0 Å². The van der Waals surface area contributed by atoms with Crippen molar-refractivity contribution in [2.75, 3.05) is 13.1 Å². The molecule has 2 nitrogen and oxygen atoms in total. The minimum Gasteiger partial charge on any atom is -0.377 e. The molecule has 0 saturated carbocycles. The second-order valence-corrected chi connectivity index (χ2v) is 10.3. The number of hydrogen-bond acceptors (Lipinski definition) is 1. The summed E-state index contributed by atoms with van der Waals surface area (Å²) in [6, 6.07) is 2.55. The highest BCUT2D eigenvalue weighted by Gasteiger charge is 2.25. The van der Waals surface area contributed by atoms with E-state index in [2.05, 4.69) is 82.7 Å². The SMILES string of the molecule is C1=C2CCCCCC/C=C\C=C/CC[n+]3cc4cc(c3)C2CCN1CC/C=C\C=C/CCCC4. The Labute approximate surface area is 208 Å². The molecule has 0 radical (unpaired) electrons. The van der Waals surface area contributed by atoms with Gasteiger partial charge in [-0.05, 0) is 82.0 Å². The van der Waals surface area contributed by atoms with E-state index in [1.165, 1.54) is 82.7 Å². The van der Waals surface area contributed by atoms with Crippen LogP contribution in [0.5, 0.6) is 0 Å². The summed E-state index contributed by atoms with van der Waals surface area (Å²) in [6.45, 7) is 3.38. The molecule has 6 bridgehead atoms. The van der Waals surface area contributed by atoms with Gasteiger partial charge in [-0.2, -0.15) is 0 Å². The highest BCUT2D eigenvalue weighted by Crippen LogP contribution is 2.35. The lowest BCUT2D eigenvalue weighted by Gasteiger charge is -2.32. The average molecular weight is 458 g/mol. The lowest BCUT2D eigenvalue weighted by Crippen LogP contribution is -2.35. The number of aromatic nitrogens is 1. The zero-order valence-corrected chi connectivity index (χ0v) is 21.2. The molecule has 182 valence electrons. The third-order valence-electron chi connectivity index (χ3n) is 7.48. The topological polar surface area (TPSA) is 7.12 Å². The molecule has 1 aromatic heterocycles. The van der Waals surface area contributed by atoms with Crippen LogP contribution in [0.15, 0.2) is 78.8 Å². The largest absolute Gasteiger partial charge is 0.377 e. The first-order valence-electron chi connectivity index (χ1n) is 14.0. The summed E-state index contributed by atoms with van der Waals surface area (Å²) < 4.78 is 2.48. The van der Waals surface area contributed by atoms with E-state index in [-0.39, 0.29) is 0 Å². The first-order valence-corrected chi connectivity index (χ1v) is 14.0. The van der Waals surface area contributed by atoms with Crippen LogP contribution in [0.4, 0.5) is 0 Å². The van der Waals surface area contributed by atoms with Gasteiger partial charge in [-0.25, -0.2) is 4.57 Å². The summed E-state index contributed by atoms with van der Waals surface area (Å²) in [5, 5.41) is 0. The quantitative estimate of drug-likeness (QED) is 0.361. The third-order valence-corrected chi connectivity index (χ3v) is 7.48. The van der Waals surface area contributed by atoms with Crippen molar-refractivity contribution < 1.29 is 4.57 Å². The van der Waals surface area contributed by atoms with Crippen molar-refractivity contribution in [1.29, 1.82) is 0 Å². The summed E-state index contributed by atoms with van der Waals surface area (Å²) in [7, 11) is 0. The standard InChI is InChI=1S/C32H45N2/c1-2-5-10-14-18-23-34-26-29-19-15-11-7-4-6-9-13-17-22-33-24-21-32(31(25-29)28-34)30(27-33)20-16-12-8-3-1/h2,4-6,9-10,13-14,25-28,32H,1,3,7-8,11-12,15-24H2/q+1/b5-2-,6-4-,13-9-,14-10-.